The lowest BCUT2D eigenvalue weighted by molar-refractivity contribution is 0.333. The monoisotopic (exact) mass is 279 g/mol. The van der Waals surface area contributed by atoms with Crippen molar-refractivity contribution >= 4 is 11.6 Å². The molecule has 5 heteroatoms. The number of aromatic nitrogens is 3. The Hall–Kier alpha value is -1.55. The number of hydrogen-bond acceptors (Lipinski definition) is 3. The third-order valence-corrected chi connectivity index (χ3v) is 3.56. The molecule has 1 N–H and O–H groups in total. The van der Waals surface area contributed by atoms with Crippen molar-refractivity contribution in [3.8, 4) is 5.75 Å². The number of ether oxygens (including phenoxy) is 1. The Labute approximate surface area is 118 Å². The first kappa shape index (κ1) is 13.9. The van der Waals surface area contributed by atoms with Crippen LogP contribution in [0.4, 0.5) is 0 Å². The maximum absolute atomic E-state index is 6.26. The minimum atomic E-state index is 0.652. The lowest BCUT2D eigenvalue weighted by atomic mass is 9.98. The highest BCUT2D eigenvalue weighted by Crippen LogP contribution is 2.33. The van der Waals surface area contributed by atoms with Crippen molar-refractivity contribution < 1.29 is 4.74 Å². The molecule has 2 rings (SSSR count). The molecule has 4 nitrogen and oxygen atoms in total. The van der Waals surface area contributed by atoms with Gasteiger partial charge in [-0.05, 0) is 56.4 Å². The van der Waals surface area contributed by atoms with Gasteiger partial charge in [0, 0.05) is 5.02 Å². The summed E-state index contributed by atoms with van der Waals surface area (Å²) in [6.07, 6.45) is 3.40. The predicted molar refractivity (Wildman–Crippen MR) is 75.9 cm³/mol. The molecule has 1 heterocycles. The van der Waals surface area contributed by atoms with Crippen molar-refractivity contribution in [2.75, 3.05) is 6.61 Å². The zero-order chi connectivity index (χ0) is 13.8. The fourth-order valence-electron chi connectivity index (χ4n) is 2.16. The highest BCUT2D eigenvalue weighted by atomic mass is 35.5. The normalized spacial score (nSPS) is 10.7. The van der Waals surface area contributed by atoms with Crippen LogP contribution in [-0.2, 0) is 12.8 Å². The standard InChI is InChI=1S/C14H18ClN3O/c1-4-19-14-9(2)7-13(15)10(3)12(14)6-5-11-8-16-18-17-11/h7-8H,4-6H2,1-3H3,(H,16,17,18). The van der Waals surface area contributed by atoms with Crippen LogP contribution in [0.5, 0.6) is 5.75 Å². The Morgan fingerprint density at radius 3 is 2.74 bits per heavy atom. The summed E-state index contributed by atoms with van der Waals surface area (Å²) < 4.78 is 5.77. The largest absolute Gasteiger partial charge is 0.493 e. The zero-order valence-electron chi connectivity index (χ0n) is 11.5. The summed E-state index contributed by atoms with van der Waals surface area (Å²) >= 11 is 6.26. The van der Waals surface area contributed by atoms with Crippen molar-refractivity contribution in [3.63, 3.8) is 0 Å². The molecule has 0 saturated heterocycles. The van der Waals surface area contributed by atoms with Crippen LogP contribution in [-0.4, -0.2) is 22.0 Å². The molecule has 0 saturated carbocycles. The smallest absolute Gasteiger partial charge is 0.125 e. The van der Waals surface area contributed by atoms with E-state index >= 15 is 0 Å². The first-order valence-electron chi connectivity index (χ1n) is 6.39. The fourth-order valence-corrected chi connectivity index (χ4v) is 2.44. The molecule has 0 aliphatic rings. The van der Waals surface area contributed by atoms with Gasteiger partial charge in [0.15, 0.2) is 0 Å². The van der Waals surface area contributed by atoms with Gasteiger partial charge < -0.3 is 4.74 Å². The number of aromatic amines is 1. The molecule has 1 aromatic carbocycles. The van der Waals surface area contributed by atoms with Gasteiger partial charge in [0.2, 0.25) is 0 Å². The Bertz CT molecular complexity index is 552. The third kappa shape index (κ3) is 3.07. The van der Waals surface area contributed by atoms with Gasteiger partial charge >= 0.3 is 0 Å². The van der Waals surface area contributed by atoms with Crippen LogP contribution in [0.3, 0.4) is 0 Å². The average Bonchev–Trinajstić information content (AvgIpc) is 2.88. The van der Waals surface area contributed by atoms with E-state index in [0.717, 1.165) is 46.0 Å². The Kier molecular flexibility index (Phi) is 4.43. The molecule has 0 radical (unpaired) electrons. The van der Waals surface area contributed by atoms with Crippen LogP contribution in [0, 0.1) is 13.8 Å². The van der Waals surface area contributed by atoms with Crippen LogP contribution in [0.25, 0.3) is 0 Å². The molecule has 102 valence electrons. The summed E-state index contributed by atoms with van der Waals surface area (Å²) in [4.78, 5) is 0. The van der Waals surface area contributed by atoms with Crippen LogP contribution in [0.2, 0.25) is 5.02 Å². The predicted octanol–water partition coefficient (Wildman–Crippen LogP) is 3.26. The average molecular weight is 280 g/mol. The maximum atomic E-state index is 6.26. The van der Waals surface area contributed by atoms with Crippen LogP contribution in [0.1, 0.15) is 29.3 Å². The number of hydrogen-bond donors (Lipinski definition) is 1. The molecule has 2 aromatic rings. The molecule has 1 aromatic heterocycles. The lowest BCUT2D eigenvalue weighted by Crippen LogP contribution is -2.04. The molecule has 0 aliphatic carbocycles. The van der Waals surface area contributed by atoms with Crippen molar-refractivity contribution in [2.45, 2.75) is 33.6 Å². The summed E-state index contributed by atoms with van der Waals surface area (Å²) in [5.41, 5.74) is 4.26. The van der Waals surface area contributed by atoms with Gasteiger partial charge in [0.1, 0.15) is 5.75 Å². The van der Waals surface area contributed by atoms with E-state index < -0.39 is 0 Å². The van der Waals surface area contributed by atoms with Gasteiger partial charge in [-0.3, -0.25) is 0 Å². The number of nitrogens with one attached hydrogen (secondary N) is 1. The summed E-state index contributed by atoms with van der Waals surface area (Å²) in [6, 6.07) is 1.96. The molecule has 0 aliphatic heterocycles. The molecule has 0 unspecified atom stereocenters. The van der Waals surface area contributed by atoms with Crippen molar-refractivity contribution in [3.05, 3.63) is 39.7 Å². The van der Waals surface area contributed by atoms with E-state index in [1.54, 1.807) is 6.20 Å². The fraction of sp³-hybridized carbons (Fsp3) is 0.429. The second-order valence-electron chi connectivity index (χ2n) is 4.50. The molecule has 19 heavy (non-hydrogen) atoms. The van der Waals surface area contributed by atoms with E-state index in [4.69, 9.17) is 16.3 Å². The molecular formula is C14H18ClN3O. The van der Waals surface area contributed by atoms with E-state index in [9.17, 15) is 0 Å². The highest BCUT2D eigenvalue weighted by molar-refractivity contribution is 6.31. The third-order valence-electron chi connectivity index (χ3n) is 3.17. The Balaban J connectivity index is 2.30. The van der Waals surface area contributed by atoms with Crippen molar-refractivity contribution in [1.82, 2.24) is 15.4 Å². The second kappa shape index (κ2) is 6.06. The second-order valence-corrected chi connectivity index (χ2v) is 4.91. The SMILES string of the molecule is CCOc1c(C)cc(Cl)c(C)c1CCc1cn[nH]n1. The van der Waals surface area contributed by atoms with Gasteiger partial charge in [0.05, 0.1) is 18.5 Å². The van der Waals surface area contributed by atoms with Crippen molar-refractivity contribution in [2.24, 2.45) is 0 Å². The van der Waals surface area contributed by atoms with Gasteiger partial charge in [-0.15, -0.1) is 0 Å². The molecule has 0 spiro atoms. The summed E-state index contributed by atoms with van der Waals surface area (Å²) in [6.45, 7) is 6.70. The molecule has 0 fully saturated rings. The number of aryl methyl sites for hydroxylation is 2. The Morgan fingerprint density at radius 1 is 1.32 bits per heavy atom. The van der Waals surface area contributed by atoms with E-state index in [0.29, 0.717) is 6.61 Å². The van der Waals surface area contributed by atoms with Gasteiger partial charge in [-0.25, -0.2) is 0 Å². The first-order chi connectivity index (χ1) is 9.13. The summed E-state index contributed by atoms with van der Waals surface area (Å²) in [5, 5.41) is 11.3. The Morgan fingerprint density at radius 2 is 2.11 bits per heavy atom. The van der Waals surface area contributed by atoms with Crippen LogP contribution < -0.4 is 4.74 Å². The van der Waals surface area contributed by atoms with E-state index in [-0.39, 0.29) is 0 Å². The number of nitrogens with zero attached hydrogens (tertiary/aromatic N) is 2. The molecule has 0 bridgehead atoms. The summed E-state index contributed by atoms with van der Waals surface area (Å²) in [5.74, 6) is 0.952. The van der Waals surface area contributed by atoms with E-state index in [1.165, 1.54) is 0 Å². The van der Waals surface area contributed by atoms with Crippen molar-refractivity contribution in [1.29, 1.82) is 0 Å². The topological polar surface area (TPSA) is 50.8 Å². The van der Waals surface area contributed by atoms with Crippen LogP contribution in [0.15, 0.2) is 12.3 Å². The van der Waals surface area contributed by atoms with E-state index in [1.807, 2.05) is 26.8 Å². The van der Waals surface area contributed by atoms with Crippen LogP contribution >= 0.6 is 11.6 Å². The van der Waals surface area contributed by atoms with Gasteiger partial charge in [-0.2, -0.15) is 15.4 Å². The molecular weight excluding hydrogens is 262 g/mol. The maximum Gasteiger partial charge on any atom is 0.125 e. The number of rotatable bonds is 5. The molecule has 0 amide bonds. The first-order valence-corrected chi connectivity index (χ1v) is 6.77. The number of benzene rings is 1. The molecule has 0 atom stereocenters. The quantitative estimate of drug-likeness (QED) is 0.914. The number of H-pyrrole nitrogens is 1. The minimum absolute atomic E-state index is 0.652. The zero-order valence-corrected chi connectivity index (χ0v) is 12.2. The highest BCUT2D eigenvalue weighted by Gasteiger charge is 2.14. The summed E-state index contributed by atoms with van der Waals surface area (Å²) in [7, 11) is 0. The number of halogens is 1. The lowest BCUT2D eigenvalue weighted by Gasteiger charge is -2.16. The van der Waals surface area contributed by atoms with Gasteiger partial charge in [0.25, 0.3) is 0 Å². The van der Waals surface area contributed by atoms with Gasteiger partial charge in [-0.1, -0.05) is 11.6 Å². The minimum Gasteiger partial charge on any atom is -0.493 e. The van der Waals surface area contributed by atoms with E-state index in [2.05, 4.69) is 15.4 Å².